The summed E-state index contributed by atoms with van der Waals surface area (Å²) in [4.78, 5) is 25.3. The van der Waals surface area contributed by atoms with Gasteiger partial charge in [-0.1, -0.05) is 19.1 Å². The Morgan fingerprint density at radius 1 is 1.48 bits per heavy atom. The summed E-state index contributed by atoms with van der Waals surface area (Å²) in [6.07, 6.45) is 2.11. The van der Waals surface area contributed by atoms with Crippen molar-refractivity contribution in [3.05, 3.63) is 35.4 Å². The summed E-state index contributed by atoms with van der Waals surface area (Å²) in [6, 6.07) is 9.20. The molecular weight excluding hydrogens is 268 g/mol. The van der Waals surface area contributed by atoms with E-state index in [1.165, 1.54) is 0 Å². The van der Waals surface area contributed by atoms with Crippen LogP contribution in [-0.4, -0.2) is 34.5 Å². The zero-order chi connectivity index (χ0) is 15.4. The van der Waals surface area contributed by atoms with Crippen LogP contribution < -0.4 is 0 Å². The average Bonchev–Trinajstić information content (AvgIpc) is 3.29. The molecule has 5 nitrogen and oxygen atoms in total. The normalized spacial score (nSPS) is 15.0. The fourth-order valence-corrected chi connectivity index (χ4v) is 2.23. The lowest BCUT2D eigenvalue weighted by atomic mass is 10.1. The van der Waals surface area contributed by atoms with Gasteiger partial charge in [0.15, 0.2) is 0 Å². The van der Waals surface area contributed by atoms with Gasteiger partial charge in [0.1, 0.15) is 0 Å². The van der Waals surface area contributed by atoms with E-state index >= 15 is 0 Å². The topological polar surface area (TPSA) is 81.4 Å². The van der Waals surface area contributed by atoms with Crippen molar-refractivity contribution in [3.63, 3.8) is 0 Å². The Labute approximate surface area is 123 Å². The number of carboxylic acid groups (broad SMARTS) is 1. The molecule has 0 aromatic heterocycles. The Balaban J connectivity index is 2.16. The van der Waals surface area contributed by atoms with E-state index in [4.69, 9.17) is 10.4 Å². The lowest BCUT2D eigenvalue weighted by Gasteiger charge is -2.24. The first-order valence-corrected chi connectivity index (χ1v) is 7.02. The summed E-state index contributed by atoms with van der Waals surface area (Å²) >= 11 is 0. The maximum atomic E-state index is 12.6. The van der Waals surface area contributed by atoms with Crippen LogP contribution in [0.4, 0.5) is 0 Å². The van der Waals surface area contributed by atoms with Gasteiger partial charge in [-0.15, -0.1) is 0 Å². The van der Waals surface area contributed by atoms with E-state index in [1.54, 1.807) is 36.1 Å². The van der Waals surface area contributed by atoms with Crippen molar-refractivity contribution in [1.82, 2.24) is 4.90 Å². The molecule has 1 aliphatic rings. The molecule has 0 heterocycles. The average molecular weight is 286 g/mol. The fraction of sp³-hybridized carbons (Fsp3) is 0.438. The van der Waals surface area contributed by atoms with Crippen LogP contribution in [-0.2, 0) is 11.2 Å². The molecule has 1 saturated carbocycles. The molecule has 1 unspecified atom stereocenters. The standard InChI is InChI=1S/C16H18N2O3/c1-11(16(20)21)10-18(14-5-6-14)15(19)13-4-2-3-12(9-13)7-8-17/h2-4,9,11,14H,5-7,10H2,1H3,(H,20,21). The number of nitriles is 1. The molecule has 1 N–H and O–H groups in total. The Hall–Kier alpha value is -2.35. The summed E-state index contributed by atoms with van der Waals surface area (Å²) < 4.78 is 0. The number of benzene rings is 1. The van der Waals surface area contributed by atoms with Gasteiger partial charge in [0.2, 0.25) is 0 Å². The molecule has 21 heavy (non-hydrogen) atoms. The van der Waals surface area contributed by atoms with Crippen molar-refractivity contribution < 1.29 is 14.7 Å². The van der Waals surface area contributed by atoms with Crippen LogP contribution in [0.1, 0.15) is 35.7 Å². The van der Waals surface area contributed by atoms with Crippen molar-refractivity contribution in [2.45, 2.75) is 32.2 Å². The summed E-state index contributed by atoms with van der Waals surface area (Å²) in [5.74, 6) is -1.63. The van der Waals surface area contributed by atoms with Gasteiger partial charge in [0.25, 0.3) is 5.91 Å². The zero-order valence-corrected chi connectivity index (χ0v) is 12.0. The molecular formula is C16H18N2O3. The van der Waals surface area contributed by atoms with Gasteiger partial charge in [-0.05, 0) is 30.5 Å². The van der Waals surface area contributed by atoms with Gasteiger partial charge < -0.3 is 10.0 Å². The minimum atomic E-state index is -0.897. The van der Waals surface area contributed by atoms with Crippen LogP contribution in [0, 0.1) is 17.2 Å². The van der Waals surface area contributed by atoms with Crippen molar-refractivity contribution >= 4 is 11.9 Å². The Morgan fingerprint density at radius 2 is 2.19 bits per heavy atom. The predicted molar refractivity (Wildman–Crippen MR) is 76.6 cm³/mol. The Morgan fingerprint density at radius 3 is 2.76 bits per heavy atom. The SMILES string of the molecule is CC(CN(C(=O)c1cccc(CC#N)c1)C1CC1)C(=O)O. The minimum Gasteiger partial charge on any atom is -0.481 e. The molecule has 2 rings (SSSR count). The van der Waals surface area contributed by atoms with E-state index in [0.29, 0.717) is 5.56 Å². The number of hydrogen-bond acceptors (Lipinski definition) is 3. The van der Waals surface area contributed by atoms with Gasteiger partial charge in [-0.3, -0.25) is 9.59 Å². The Kier molecular flexibility index (Phi) is 4.59. The van der Waals surface area contributed by atoms with Crippen molar-refractivity contribution in [2.75, 3.05) is 6.54 Å². The first kappa shape index (κ1) is 15.0. The zero-order valence-electron chi connectivity index (χ0n) is 12.0. The van der Waals surface area contributed by atoms with Gasteiger partial charge in [-0.2, -0.15) is 5.26 Å². The van der Waals surface area contributed by atoms with Crippen LogP contribution in [0.3, 0.4) is 0 Å². The number of carbonyl (C=O) groups excluding carboxylic acids is 1. The van der Waals surface area contributed by atoms with Gasteiger partial charge in [0, 0.05) is 18.2 Å². The maximum absolute atomic E-state index is 12.6. The van der Waals surface area contributed by atoms with E-state index in [0.717, 1.165) is 18.4 Å². The molecule has 1 fully saturated rings. The highest BCUT2D eigenvalue weighted by molar-refractivity contribution is 5.95. The Bertz CT molecular complexity index is 587. The number of nitrogens with zero attached hydrogens (tertiary/aromatic N) is 2. The number of carbonyl (C=O) groups is 2. The second kappa shape index (κ2) is 6.40. The van der Waals surface area contributed by atoms with E-state index in [2.05, 4.69) is 6.07 Å². The highest BCUT2D eigenvalue weighted by atomic mass is 16.4. The van der Waals surface area contributed by atoms with E-state index in [1.807, 2.05) is 0 Å². The second-order valence-corrected chi connectivity index (χ2v) is 5.46. The molecule has 0 spiro atoms. The van der Waals surface area contributed by atoms with Crippen LogP contribution in [0.2, 0.25) is 0 Å². The van der Waals surface area contributed by atoms with E-state index in [-0.39, 0.29) is 24.9 Å². The van der Waals surface area contributed by atoms with Gasteiger partial charge >= 0.3 is 5.97 Å². The molecule has 1 aromatic rings. The smallest absolute Gasteiger partial charge is 0.308 e. The highest BCUT2D eigenvalue weighted by Crippen LogP contribution is 2.29. The monoisotopic (exact) mass is 286 g/mol. The van der Waals surface area contributed by atoms with Crippen LogP contribution in [0.25, 0.3) is 0 Å². The molecule has 0 bridgehead atoms. The van der Waals surface area contributed by atoms with Crippen molar-refractivity contribution in [1.29, 1.82) is 5.26 Å². The third-order valence-corrected chi connectivity index (χ3v) is 3.60. The second-order valence-electron chi connectivity index (χ2n) is 5.46. The molecule has 0 saturated heterocycles. The van der Waals surface area contributed by atoms with Gasteiger partial charge in [0.05, 0.1) is 18.4 Å². The highest BCUT2D eigenvalue weighted by Gasteiger charge is 2.34. The lowest BCUT2D eigenvalue weighted by Crippen LogP contribution is -2.38. The fourth-order valence-electron chi connectivity index (χ4n) is 2.23. The summed E-state index contributed by atoms with van der Waals surface area (Å²) in [5.41, 5.74) is 1.32. The maximum Gasteiger partial charge on any atom is 0.308 e. The molecule has 5 heteroatoms. The van der Waals surface area contributed by atoms with Crippen LogP contribution in [0.15, 0.2) is 24.3 Å². The van der Waals surface area contributed by atoms with Crippen LogP contribution in [0.5, 0.6) is 0 Å². The lowest BCUT2D eigenvalue weighted by molar-refractivity contribution is -0.141. The van der Waals surface area contributed by atoms with Crippen molar-refractivity contribution in [2.24, 2.45) is 5.92 Å². The number of rotatable bonds is 6. The summed E-state index contributed by atoms with van der Waals surface area (Å²) in [6.45, 7) is 1.83. The first-order chi connectivity index (χ1) is 10.0. The summed E-state index contributed by atoms with van der Waals surface area (Å²) in [5, 5.41) is 17.8. The third kappa shape index (κ3) is 3.82. The predicted octanol–water partition coefficient (Wildman–Crippen LogP) is 2.08. The largest absolute Gasteiger partial charge is 0.481 e. The number of aliphatic carboxylic acids is 1. The van der Waals surface area contributed by atoms with Gasteiger partial charge in [-0.25, -0.2) is 0 Å². The molecule has 0 aliphatic heterocycles. The molecule has 1 amide bonds. The molecule has 1 atom stereocenters. The number of amides is 1. The number of hydrogen-bond donors (Lipinski definition) is 1. The molecule has 1 aromatic carbocycles. The first-order valence-electron chi connectivity index (χ1n) is 7.02. The van der Waals surface area contributed by atoms with Crippen LogP contribution >= 0.6 is 0 Å². The molecule has 110 valence electrons. The minimum absolute atomic E-state index is 0.148. The van der Waals surface area contributed by atoms with E-state index in [9.17, 15) is 9.59 Å². The van der Waals surface area contributed by atoms with E-state index < -0.39 is 11.9 Å². The van der Waals surface area contributed by atoms with Crippen molar-refractivity contribution in [3.8, 4) is 6.07 Å². The third-order valence-electron chi connectivity index (χ3n) is 3.60. The quantitative estimate of drug-likeness (QED) is 0.868. The molecule has 0 radical (unpaired) electrons. The summed E-state index contributed by atoms with van der Waals surface area (Å²) in [7, 11) is 0. The number of carboxylic acids is 1. The molecule has 1 aliphatic carbocycles.